The summed E-state index contributed by atoms with van der Waals surface area (Å²) in [6.45, 7) is 5.14. The maximum Gasteiger partial charge on any atom is 0.414 e. The zero-order chi connectivity index (χ0) is 22.4. The van der Waals surface area contributed by atoms with Crippen molar-refractivity contribution >= 4 is 23.3 Å². The third-order valence-corrected chi connectivity index (χ3v) is 4.74. The largest absolute Gasteiger partial charge is 0.477 e. The number of carbonyl (C=O) groups is 1. The number of ether oxygens (including phenoxy) is 3. The van der Waals surface area contributed by atoms with Crippen LogP contribution in [0, 0.1) is 23.0 Å². The molecule has 2 aromatic heterocycles. The van der Waals surface area contributed by atoms with Gasteiger partial charge in [0.1, 0.15) is 5.69 Å². The van der Waals surface area contributed by atoms with Gasteiger partial charge >= 0.3 is 11.8 Å². The van der Waals surface area contributed by atoms with E-state index in [1.54, 1.807) is 25.3 Å². The number of nitrogens with zero attached hydrogens (tertiary/aromatic N) is 4. The molecule has 2 N–H and O–H groups in total. The van der Waals surface area contributed by atoms with Crippen molar-refractivity contribution < 1.29 is 23.9 Å². The maximum atomic E-state index is 12.7. The SMILES string of the molecule is CCOC(=O)N(Cc1ccc(C)nc1)c1cc(OC[C@H]2CCOC2)nc(N)c1[N+](=O)[O-]. The Hall–Kier alpha value is -3.47. The second-order valence-corrected chi connectivity index (χ2v) is 7.10. The highest BCUT2D eigenvalue weighted by atomic mass is 16.6. The number of amides is 1. The van der Waals surface area contributed by atoms with Crippen molar-refractivity contribution in [3.63, 3.8) is 0 Å². The number of nitro groups is 1. The third kappa shape index (κ3) is 5.57. The van der Waals surface area contributed by atoms with Gasteiger partial charge in [0.25, 0.3) is 0 Å². The predicted octanol–water partition coefficient (Wildman–Crippen LogP) is 2.85. The van der Waals surface area contributed by atoms with Crippen LogP contribution >= 0.6 is 0 Å². The molecular formula is C20H25N5O6. The maximum absolute atomic E-state index is 12.7. The Bertz CT molecular complexity index is 930. The lowest BCUT2D eigenvalue weighted by molar-refractivity contribution is -0.383. The lowest BCUT2D eigenvalue weighted by Gasteiger charge is -2.23. The van der Waals surface area contributed by atoms with Crippen LogP contribution in [-0.4, -0.2) is 47.4 Å². The minimum absolute atomic E-state index is 0.00763. The van der Waals surface area contributed by atoms with E-state index in [2.05, 4.69) is 9.97 Å². The molecule has 0 radical (unpaired) electrons. The van der Waals surface area contributed by atoms with Crippen molar-refractivity contribution in [1.82, 2.24) is 9.97 Å². The second-order valence-electron chi connectivity index (χ2n) is 7.10. The van der Waals surface area contributed by atoms with Crippen molar-refractivity contribution in [2.75, 3.05) is 37.1 Å². The molecule has 31 heavy (non-hydrogen) atoms. The van der Waals surface area contributed by atoms with E-state index in [0.717, 1.165) is 17.0 Å². The van der Waals surface area contributed by atoms with Crippen molar-refractivity contribution in [3.8, 4) is 5.88 Å². The van der Waals surface area contributed by atoms with Crippen molar-refractivity contribution in [1.29, 1.82) is 0 Å². The number of carbonyl (C=O) groups excluding carboxylic acids is 1. The van der Waals surface area contributed by atoms with E-state index in [1.807, 2.05) is 6.92 Å². The van der Waals surface area contributed by atoms with Gasteiger partial charge in [-0.15, -0.1) is 0 Å². The minimum atomic E-state index is -0.757. The van der Waals surface area contributed by atoms with Crippen LogP contribution in [0.5, 0.6) is 5.88 Å². The third-order valence-electron chi connectivity index (χ3n) is 4.74. The molecule has 0 aliphatic carbocycles. The van der Waals surface area contributed by atoms with Crippen LogP contribution in [0.4, 0.5) is 22.0 Å². The number of aryl methyl sites for hydroxylation is 1. The summed E-state index contributed by atoms with van der Waals surface area (Å²) in [7, 11) is 0. The van der Waals surface area contributed by atoms with E-state index in [0.29, 0.717) is 25.4 Å². The van der Waals surface area contributed by atoms with E-state index in [-0.39, 0.29) is 36.5 Å². The highest BCUT2D eigenvalue weighted by Crippen LogP contribution is 2.37. The van der Waals surface area contributed by atoms with E-state index < -0.39 is 16.7 Å². The number of pyridine rings is 2. The molecule has 0 spiro atoms. The van der Waals surface area contributed by atoms with E-state index in [4.69, 9.17) is 19.9 Å². The molecule has 0 bridgehead atoms. The van der Waals surface area contributed by atoms with E-state index in [1.165, 1.54) is 6.07 Å². The molecular weight excluding hydrogens is 406 g/mol. The van der Waals surface area contributed by atoms with Crippen LogP contribution in [0.25, 0.3) is 0 Å². The predicted molar refractivity (Wildman–Crippen MR) is 112 cm³/mol. The molecule has 1 aliphatic rings. The summed E-state index contributed by atoms with van der Waals surface area (Å²) in [6.07, 6.45) is 1.69. The number of aromatic nitrogens is 2. The van der Waals surface area contributed by atoms with Gasteiger partial charge in [0, 0.05) is 30.5 Å². The molecule has 166 valence electrons. The molecule has 1 atom stereocenters. The van der Waals surface area contributed by atoms with Gasteiger partial charge in [-0.2, -0.15) is 4.98 Å². The average molecular weight is 431 g/mol. The van der Waals surface area contributed by atoms with Gasteiger partial charge < -0.3 is 19.9 Å². The van der Waals surface area contributed by atoms with Gasteiger partial charge in [0.05, 0.1) is 31.3 Å². The lowest BCUT2D eigenvalue weighted by Crippen LogP contribution is -2.32. The second kappa shape index (κ2) is 10.0. The number of hydrogen-bond donors (Lipinski definition) is 1. The van der Waals surface area contributed by atoms with Crippen LogP contribution in [0.2, 0.25) is 0 Å². The summed E-state index contributed by atoms with van der Waals surface area (Å²) >= 11 is 0. The highest BCUT2D eigenvalue weighted by molar-refractivity contribution is 5.92. The Kier molecular flexibility index (Phi) is 7.19. The zero-order valence-electron chi connectivity index (χ0n) is 17.4. The Labute approximate surface area is 179 Å². The fourth-order valence-corrected chi connectivity index (χ4v) is 3.13. The first-order valence-corrected chi connectivity index (χ1v) is 9.90. The standard InChI is InChI=1S/C20H25N5O6/c1-3-30-20(26)24(10-14-5-4-13(2)22-9-14)16-8-17(23-19(21)18(16)25(27)28)31-12-15-6-7-29-11-15/h4-5,8-9,15H,3,6-7,10-12H2,1-2H3,(H2,21,23)/t15-/m0/s1. The summed E-state index contributed by atoms with van der Waals surface area (Å²) in [5.74, 6) is -0.0701. The lowest BCUT2D eigenvalue weighted by atomic mass is 10.1. The molecule has 1 fully saturated rings. The van der Waals surface area contributed by atoms with Crippen LogP contribution in [0.15, 0.2) is 24.4 Å². The van der Waals surface area contributed by atoms with Crippen LogP contribution < -0.4 is 15.4 Å². The number of nitrogen functional groups attached to an aromatic ring is 1. The van der Waals surface area contributed by atoms with Gasteiger partial charge in [-0.3, -0.25) is 20.0 Å². The number of hydrogen-bond acceptors (Lipinski definition) is 9. The van der Waals surface area contributed by atoms with Crippen molar-refractivity contribution in [2.24, 2.45) is 5.92 Å². The average Bonchev–Trinajstić information content (AvgIpc) is 3.25. The fourth-order valence-electron chi connectivity index (χ4n) is 3.13. The van der Waals surface area contributed by atoms with Gasteiger partial charge in [-0.25, -0.2) is 4.79 Å². The Balaban J connectivity index is 1.97. The molecule has 0 aromatic carbocycles. The number of anilines is 2. The first kappa shape index (κ1) is 22.2. The summed E-state index contributed by atoms with van der Waals surface area (Å²) in [4.78, 5) is 33.1. The molecule has 1 aliphatic heterocycles. The number of nitrogens with two attached hydrogens (primary N) is 1. The summed E-state index contributed by atoms with van der Waals surface area (Å²) in [5.41, 5.74) is 6.79. The zero-order valence-corrected chi connectivity index (χ0v) is 17.4. The van der Waals surface area contributed by atoms with Crippen LogP contribution in [0.3, 0.4) is 0 Å². The first-order chi connectivity index (χ1) is 14.9. The Morgan fingerprint density at radius 2 is 2.26 bits per heavy atom. The molecule has 3 heterocycles. The molecule has 0 saturated carbocycles. The number of rotatable bonds is 8. The van der Waals surface area contributed by atoms with Gasteiger partial charge in [0.15, 0.2) is 0 Å². The van der Waals surface area contributed by atoms with Crippen molar-refractivity contribution in [2.45, 2.75) is 26.8 Å². The fraction of sp³-hybridized carbons (Fsp3) is 0.450. The van der Waals surface area contributed by atoms with Crippen molar-refractivity contribution in [3.05, 3.63) is 45.8 Å². The monoisotopic (exact) mass is 431 g/mol. The molecule has 0 unspecified atom stereocenters. The smallest absolute Gasteiger partial charge is 0.414 e. The van der Waals surface area contributed by atoms with Gasteiger partial charge in [-0.05, 0) is 31.9 Å². The minimum Gasteiger partial charge on any atom is -0.477 e. The summed E-state index contributed by atoms with van der Waals surface area (Å²) in [5, 5.41) is 11.7. The summed E-state index contributed by atoms with van der Waals surface area (Å²) in [6, 6.07) is 4.90. The molecule has 3 rings (SSSR count). The Morgan fingerprint density at radius 3 is 2.87 bits per heavy atom. The Morgan fingerprint density at radius 1 is 1.45 bits per heavy atom. The molecule has 11 nitrogen and oxygen atoms in total. The first-order valence-electron chi connectivity index (χ1n) is 9.90. The van der Waals surface area contributed by atoms with Gasteiger partial charge in [0.2, 0.25) is 11.7 Å². The van der Waals surface area contributed by atoms with Crippen LogP contribution in [-0.2, 0) is 16.0 Å². The normalized spacial score (nSPS) is 15.5. The van der Waals surface area contributed by atoms with E-state index >= 15 is 0 Å². The quantitative estimate of drug-likeness (QED) is 0.493. The summed E-state index contributed by atoms with van der Waals surface area (Å²) < 4.78 is 16.2. The molecule has 1 saturated heterocycles. The topological polar surface area (TPSA) is 143 Å². The molecule has 2 aromatic rings. The molecule has 11 heteroatoms. The van der Waals surface area contributed by atoms with Gasteiger partial charge in [-0.1, -0.05) is 6.07 Å². The highest BCUT2D eigenvalue weighted by Gasteiger charge is 2.31. The molecule has 1 amide bonds. The van der Waals surface area contributed by atoms with Crippen LogP contribution in [0.1, 0.15) is 24.6 Å². The van der Waals surface area contributed by atoms with E-state index in [9.17, 15) is 14.9 Å².